The Kier molecular flexibility index (Phi) is 6.82. The second-order valence-corrected chi connectivity index (χ2v) is 8.71. The standard InChI is InChI=1S/C25H20ClN3O3S/c1-16-3-12-22(32-2)21(15-16)27-25(31)17-4-8-19(9-5-17)29-24(30)14-13-23(28-29)33-20-10-6-18(26)7-11-20/h3-15H,1-2H3,(H,27,31). The van der Waals surface area contributed by atoms with Crippen molar-refractivity contribution in [3.05, 3.63) is 105 Å². The fraction of sp³-hybridized carbons (Fsp3) is 0.0800. The second kappa shape index (κ2) is 9.94. The molecule has 0 saturated heterocycles. The summed E-state index contributed by atoms with van der Waals surface area (Å²) in [4.78, 5) is 26.1. The monoisotopic (exact) mass is 477 g/mol. The van der Waals surface area contributed by atoms with Crippen molar-refractivity contribution in [3.63, 3.8) is 0 Å². The van der Waals surface area contributed by atoms with Crippen LogP contribution in [-0.4, -0.2) is 22.8 Å². The smallest absolute Gasteiger partial charge is 0.271 e. The summed E-state index contributed by atoms with van der Waals surface area (Å²) in [6, 6.07) is 22.8. The van der Waals surface area contributed by atoms with E-state index in [0.29, 0.717) is 32.7 Å². The van der Waals surface area contributed by atoms with Crippen LogP contribution in [0.2, 0.25) is 5.02 Å². The highest BCUT2D eigenvalue weighted by atomic mass is 35.5. The number of aryl methyl sites for hydroxylation is 1. The number of hydrogen-bond acceptors (Lipinski definition) is 5. The zero-order valence-corrected chi connectivity index (χ0v) is 19.5. The number of amides is 1. The van der Waals surface area contributed by atoms with Crippen molar-refractivity contribution in [2.45, 2.75) is 16.8 Å². The number of ether oxygens (including phenoxy) is 1. The van der Waals surface area contributed by atoms with E-state index in [2.05, 4.69) is 10.4 Å². The Labute approximate surface area is 200 Å². The Hall–Kier alpha value is -3.55. The zero-order valence-electron chi connectivity index (χ0n) is 17.9. The molecule has 33 heavy (non-hydrogen) atoms. The molecule has 166 valence electrons. The summed E-state index contributed by atoms with van der Waals surface area (Å²) >= 11 is 7.36. The first kappa shape index (κ1) is 22.6. The number of hydrogen-bond donors (Lipinski definition) is 1. The van der Waals surface area contributed by atoms with E-state index in [4.69, 9.17) is 16.3 Å². The number of aromatic nitrogens is 2. The number of methoxy groups -OCH3 is 1. The Balaban J connectivity index is 1.54. The molecule has 0 aliphatic carbocycles. The van der Waals surface area contributed by atoms with E-state index in [1.807, 2.05) is 31.2 Å². The SMILES string of the molecule is COc1ccc(C)cc1NC(=O)c1ccc(-n2nc(Sc3ccc(Cl)cc3)ccc2=O)cc1. The van der Waals surface area contributed by atoms with Crippen molar-refractivity contribution in [1.82, 2.24) is 9.78 Å². The van der Waals surface area contributed by atoms with Gasteiger partial charge >= 0.3 is 0 Å². The van der Waals surface area contributed by atoms with Gasteiger partial charge in [0.15, 0.2) is 0 Å². The average molecular weight is 478 g/mol. The molecule has 0 radical (unpaired) electrons. The molecule has 1 amide bonds. The number of benzene rings is 3. The molecule has 4 rings (SSSR count). The number of anilines is 1. The maximum atomic E-state index is 12.7. The van der Waals surface area contributed by atoms with Crippen LogP contribution in [0.15, 0.2) is 93.6 Å². The number of halogens is 1. The van der Waals surface area contributed by atoms with Gasteiger partial charge in [0.05, 0.1) is 18.5 Å². The number of rotatable bonds is 6. The molecule has 0 bridgehead atoms. The van der Waals surface area contributed by atoms with E-state index < -0.39 is 0 Å². The van der Waals surface area contributed by atoms with Gasteiger partial charge in [0.2, 0.25) is 0 Å². The summed E-state index contributed by atoms with van der Waals surface area (Å²) in [6.07, 6.45) is 0. The summed E-state index contributed by atoms with van der Waals surface area (Å²) in [6.45, 7) is 1.94. The molecule has 1 heterocycles. The molecule has 8 heteroatoms. The van der Waals surface area contributed by atoms with Crippen LogP contribution < -0.4 is 15.6 Å². The minimum Gasteiger partial charge on any atom is -0.495 e. The Morgan fingerprint density at radius 3 is 2.42 bits per heavy atom. The largest absolute Gasteiger partial charge is 0.495 e. The maximum Gasteiger partial charge on any atom is 0.271 e. The Bertz CT molecular complexity index is 1350. The van der Waals surface area contributed by atoms with Crippen LogP contribution >= 0.6 is 23.4 Å². The molecule has 3 aromatic carbocycles. The van der Waals surface area contributed by atoms with E-state index >= 15 is 0 Å². The Morgan fingerprint density at radius 2 is 1.73 bits per heavy atom. The summed E-state index contributed by atoms with van der Waals surface area (Å²) in [5, 5.41) is 8.63. The predicted octanol–water partition coefficient (Wildman–Crippen LogP) is 5.61. The first-order valence-corrected chi connectivity index (χ1v) is 11.2. The lowest BCUT2D eigenvalue weighted by molar-refractivity contribution is 0.102. The van der Waals surface area contributed by atoms with Gasteiger partial charge in [-0.15, -0.1) is 0 Å². The molecule has 4 aromatic rings. The molecule has 0 atom stereocenters. The van der Waals surface area contributed by atoms with E-state index in [9.17, 15) is 9.59 Å². The third-order valence-corrected chi connectivity index (χ3v) is 5.98. The van der Waals surface area contributed by atoms with E-state index in [0.717, 1.165) is 10.5 Å². The highest BCUT2D eigenvalue weighted by Crippen LogP contribution is 2.27. The maximum absolute atomic E-state index is 12.7. The van der Waals surface area contributed by atoms with Crippen molar-refractivity contribution in [2.24, 2.45) is 0 Å². The van der Waals surface area contributed by atoms with Gasteiger partial charge in [-0.3, -0.25) is 9.59 Å². The van der Waals surface area contributed by atoms with Crippen molar-refractivity contribution < 1.29 is 9.53 Å². The van der Waals surface area contributed by atoms with Crippen LogP contribution in [0.25, 0.3) is 5.69 Å². The number of carbonyl (C=O) groups is 1. The topological polar surface area (TPSA) is 73.2 Å². The fourth-order valence-electron chi connectivity index (χ4n) is 3.13. The van der Waals surface area contributed by atoms with Crippen molar-refractivity contribution >= 4 is 35.0 Å². The Morgan fingerprint density at radius 1 is 1.00 bits per heavy atom. The third kappa shape index (κ3) is 5.45. The van der Waals surface area contributed by atoms with Gasteiger partial charge in [0, 0.05) is 21.5 Å². The molecular formula is C25H20ClN3O3S. The van der Waals surface area contributed by atoms with E-state index in [1.54, 1.807) is 55.6 Å². The third-order valence-electron chi connectivity index (χ3n) is 4.79. The van der Waals surface area contributed by atoms with Gasteiger partial charge in [0.1, 0.15) is 10.8 Å². The predicted molar refractivity (Wildman–Crippen MR) is 131 cm³/mol. The molecule has 0 spiro atoms. The lowest BCUT2D eigenvalue weighted by Crippen LogP contribution is -2.20. The van der Waals surface area contributed by atoms with Gasteiger partial charge in [-0.2, -0.15) is 9.78 Å². The summed E-state index contributed by atoms with van der Waals surface area (Å²) in [7, 11) is 1.55. The van der Waals surface area contributed by atoms with Gasteiger partial charge in [-0.05, 0) is 79.2 Å². The minimum absolute atomic E-state index is 0.267. The van der Waals surface area contributed by atoms with E-state index in [1.165, 1.54) is 22.5 Å². The quantitative estimate of drug-likeness (QED) is 0.391. The summed E-state index contributed by atoms with van der Waals surface area (Å²) in [5.41, 5.74) is 2.34. The highest BCUT2D eigenvalue weighted by molar-refractivity contribution is 7.99. The first-order chi connectivity index (χ1) is 15.9. The molecule has 0 aliphatic rings. The van der Waals surface area contributed by atoms with Crippen molar-refractivity contribution in [3.8, 4) is 11.4 Å². The van der Waals surface area contributed by atoms with Crippen LogP contribution in [0.3, 0.4) is 0 Å². The van der Waals surface area contributed by atoms with E-state index in [-0.39, 0.29) is 11.5 Å². The van der Waals surface area contributed by atoms with Crippen LogP contribution in [0.5, 0.6) is 5.75 Å². The van der Waals surface area contributed by atoms with Crippen LogP contribution in [-0.2, 0) is 0 Å². The average Bonchev–Trinajstić information content (AvgIpc) is 2.82. The number of nitrogens with zero attached hydrogens (tertiary/aromatic N) is 2. The molecule has 0 saturated carbocycles. The first-order valence-electron chi connectivity index (χ1n) is 10.0. The second-order valence-electron chi connectivity index (χ2n) is 7.18. The molecule has 6 nitrogen and oxygen atoms in total. The molecule has 0 aliphatic heterocycles. The van der Waals surface area contributed by atoms with Crippen molar-refractivity contribution in [2.75, 3.05) is 12.4 Å². The van der Waals surface area contributed by atoms with Crippen LogP contribution in [0, 0.1) is 6.92 Å². The molecule has 1 aromatic heterocycles. The van der Waals surface area contributed by atoms with Gasteiger partial charge in [-0.25, -0.2) is 0 Å². The minimum atomic E-state index is -0.280. The molecule has 0 fully saturated rings. The lowest BCUT2D eigenvalue weighted by Gasteiger charge is -2.11. The van der Waals surface area contributed by atoms with Gasteiger partial charge in [0.25, 0.3) is 11.5 Å². The lowest BCUT2D eigenvalue weighted by atomic mass is 10.1. The van der Waals surface area contributed by atoms with Gasteiger partial charge < -0.3 is 10.1 Å². The molecular weight excluding hydrogens is 458 g/mol. The molecule has 0 unspecified atom stereocenters. The summed E-state index contributed by atoms with van der Waals surface area (Å²) in [5.74, 6) is 0.300. The van der Waals surface area contributed by atoms with Crippen LogP contribution in [0.4, 0.5) is 5.69 Å². The zero-order chi connectivity index (χ0) is 23.4. The van der Waals surface area contributed by atoms with Crippen LogP contribution in [0.1, 0.15) is 15.9 Å². The number of nitrogens with one attached hydrogen (secondary N) is 1. The summed E-state index contributed by atoms with van der Waals surface area (Å²) < 4.78 is 6.63. The number of carbonyl (C=O) groups excluding carboxylic acids is 1. The van der Waals surface area contributed by atoms with Gasteiger partial charge in [-0.1, -0.05) is 29.4 Å². The van der Waals surface area contributed by atoms with Crippen molar-refractivity contribution in [1.29, 1.82) is 0 Å². The molecule has 1 N–H and O–H groups in total. The normalized spacial score (nSPS) is 10.6. The highest BCUT2D eigenvalue weighted by Gasteiger charge is 2.11. The fourth-order valence-corrected chi connectivity index (χ4v) is 4.02.